The molecule has 1 aliphatic rings. The van der Waals surface area contributed by atoms with Crippen molar-refractivity contribution in [1.82, 2.24) is 14.9 Å². The Balaban J connectivity index is 1.37. The van der Waals surface area contributed by atoms with Crippen molar-refractivity contribution < 1.29 is 4.74 Å². The Kier molecular flexibility index (Phi) is 4.72. The topological polar surface area (TPSA) is 41.2 Å². The number of hydrogen-bond acceptors (Lipinski definition) is 4. The van der Waals surface area contributed by atoms with Crippen LogP contribution in [0.3, 0.4) is 0 Å². The lowest BCUT2D eigenvalue weighted by Crippen LogP contribution is -2.37. The molecule has 0 amide bonds. The van der Waals surface area contributed by atoms with Crippen molar-refractivity contribution >= 4 is 22.2 Å². The van der Waals surface area contributed by atoms with Crippen LogP contribution >= 0.6 is 11.3 Å². The van der Waals surface area contributed by atoms with Gasteiger partial charge in [-0.2, -0.15) is 0 Å². The number of ether oxygens (including phenoxy) is 1. The summed E-state index contributed by atoms with van der Waals surface area (Å²) < 4.78 is 6.08. The van der Waals surface area contributed by atoms with E-state index in [2.05, 4.69) is 76.8 Å². The van der Waals surface area contributed by atoms with Crippen molar-refractivity contribution in [3.05, 3.63) is 76.2 Å². The van der Waals surface area contributed by atoms with Gasteiger partial charge in [0.05, 0.1) is 12.3 Å². The molecule has 5 rings (SSSR count). The maximum atomic E-state index is 6.08. The molecule has 4 nitrogen and oxygen atoms in total. The van der Waals surface area contributed by atoms with Gasteiger partial charge in [-0.15, -0.1) is 11.3 Å². The minimum atomic E-state index is 0.0433. The van der Waals surface area contributed by atoms with Crippen LogP contribution in [-0.2, 0) is 11.3 Å². The lowest BCUT2D eigenvalue weighted by atomic mass is 10.1. The number of thiazole rings is 1. The zero-order chi connectivity index (χ0) is 18.9. The van der Waals surface area contributed by atoms with Gasteiger partial charge in [0, 0.05) is 47.2 Å². The number of H-pyrrole nitrogens is 1. The van der Waals surface area contributed by atoms with E-state index in [4.69, 9.17) is 9.72 Å². The van der Waals surface area contributed by atoms with Gasteiger partial charge in [-0.25, -0.2) is 4.98 Å². The standard InChI is InChI=1S/C23H23N3OS/c1-16-22(18-9-5-6-10-19(18)24-16)20-15-28-23(25-20)21-14-26(11-12-27-21)13-17-7-3-2-4-8-17/h2-10,15,21,24H,11-14H2,1H3. The van der Waals surface area contributed by atoms with E-state index in [-0.39, 0.29) is 6.10 Å². The molecule has 1 N–H and O–H groups in total. The van der Waals surface area contributed by atoms with Gasteiger partial charge in [-0.1, -0.05) is 48.5 Å². The van der Waals surface area contributed by atoms with Crippen LogP contribution in [-0.4, -0.2) is 34.6 Å². The van der Waals surface area contributed by atoms with Crippen LogP contribution in [0.25, 0.3) is 22.2 Å². The van der Waals surface area contributed by atoms with Crippen LogP contribution in [0.5, 0.6) is 0 Å². The molecular formula is C23H23N3OS. The quantitative estimate of drug-likeness (QED) is 0.523. The molecule has 1 aliphatic heterocycles. The van der Waals surface area contributed by atoms with Crippen LogP contribution < -0.4 is 0 Å². The fourth-order valence-corrected chi connectivity index (χ4v) is 4.84. The van der Waals surface area contributed by atoms with Crippen LogP contribution in [0, 0.1) is 6.92 Å². The molecule has 0 radical (unpaired) electrons. The number of nitrogens with one attached hydrogen (secondary N) is 1. The largest absolute Gasteiger partial charge is 0.368 e. The van der Waals surface area contributed by atoms with Crippen LogP contribution in [0.1, 0.15) is 22.4 Å². The summed E-state index contributed by atoms with van der Waals surface area (Å²) in [5, 5.41) is 4.46. The third-order valence-corrected chi connectivity index (χ3v) is 6.28. The molecule has 1 unspecified atom stereocenters. The molecule has 1 fully saturated rings. The summed E-state index contributed by atoms with van der Waals surface area (Å²) in [7, 11) is 0. The van der Waals surface area contributed by atoms with Crippen molar-refractivity contribution in [3.8, 4) is 11.3 Å². The Morgan fingerprint density at radius 3 is 2.86 bits per heavy atom. The summed E-state index contributed by atoms with van der Waals surface area (Å²) in [6, 6.07) is 19.1. The normalized spacial score (nSPS) is 18.0. The van der Waals surface area contributed by atoms with Gasteiger partial charge >= 0.3 is 0 Å². The van der Waals surface area contributed by atoms with Crippen molar-refractivity contribution in [2.45, 2.75) is 19.6 Å². The molecule has 2 aromatic heterocycles. The van der Waals surface area contributed by atoms with E-state index in [9.17, 15) is 0 Å². The van der Waals surface area contributed by atoms with E-state index >= 15 is 0 Å². The smallest absolute Gasteiger partial charge is 0.124 e. The number of fused-ring (bicyclic) bond motifs is 1. The molecule has 5 heteroatoms. The molecule has 0 bridgehead atoms. The number of hydrogen-bond donors (Lipinski definition) is 1. The van der Waals surface area contributed by atoms with Crippen molar-refractivity contribution in [2.75, 3.05) is 19.7 Å². The number of nitrogens with zero attached hydrogens (tertiary/aromatic N) is 2. The first-order valence-corrected chi connectivity index (χ1v) is 10.6. The molecule has 4 aromatic rings. The van der Waals surface area contributed by atoms with Gasteiger partial charge in [0.2, 0.25) is 0 Å². The lowest BCUT2D eigenvalue weighted by molar-refractivity contribution is -0.0329. The van der Waals surface area contributed by atoms with E-state index in [1.807, 2.05) is 0 Å². The minimum absolute atomic E-state index is 0.0433. The highest BCUT2D eigenvalue weighted by atomic mass is 32.1. The third-order valence-electron chi connectivity index (χ3n) is 5.35. The van der Waals surface area contributed by atoms with Crippen molar-refractivity contribution in [2.24, 2.45) is 0 Å². The van der Waals surface area contributed by atoms with E-state index in [1.54, 1.807) is 11.3 Å². The highest BCUT2D eigenvalue weighted by Gasteiger charge is 2.25. The van der Waals surface area contributed by atoms with E-state index < -0.39 is 0 Å². The minimum Gasteiger partial charge on any atom is -0.368 e. The Morgan fingerprint density at radius 1 is 1.14 bits per heavy atom. The van der Waals surface area contributed by atoms with E-state index in [0.717, 1.165) is 48.2 Å². The third kappa shape index (κ3) is 3.37. The van der Waals surface area contributed by atoms with Crippen molar-refractivity contribution in [1.29, 1.82) is 0 Å². The maximum absolute atomic E-state index is 6.08. The van der Waals surface area contributed by atoms with E-state index in [0.29, 0.717) is 0 Å². The Bertz CT molecular complexity index is 1090. The van der Waals surface area contributed by atoms with Gasteiger partial charge < -0.3 is 9.72 Å². The molecule has 2 aromatic carbocycles. The van der Waals surface area contributed by atoms with Crippen LogP contribution in [0.2, 0.25) is 0 Å². The van der Waals surface area contributed by atoms with Crippen molar-refractivity contribution in [3.63, 3.8) is 0 Å². The number of aryl methyl sites for hydroxylation is 1. The highest BCUT2D eigenvalue weighted by Crippen LogP contribution is 2.35. The van der Waals surface area contributed by atoms with Gasteiger partial charge in [0.15, 0.2) is 0 Å². The second kappa shape index (κ2) is 7.51. The Labute approximate surface area is 168 Å². The first-order chi connectivity index (χ1) is 13.8. The monoisotopic (exact) mass is 389 g/mol. The molecule has 1 atom stereocenters. The summed E-state index contributed by atoms with van der Waals surface area (Å²) in [4.78, 5) is 10.9. The fraction of sp³-hybridized carbons (Fsp3) is 0.261. The van der Waals surface area contributed by atoms with Crippen LogP contribution in [0.15, 0.2) is 60.0 Å². The molecular weight excluding hydrogens is 366 g/mol. The molecule has 142 valence electrons. The fourth-order valence-electron chi connectivity index (χ4n) is 3.99. The molecule has 1 saturated heterocycles. The zero-order valence-electron chi connectivity index (χ0n) is 15.9. The number of benzene rings is 2. The number of morpholine rings is 1. The summed E-state index contributed by atoms with van der Waals surface area (Å²) in [5.41, 5.74) is 5.91. The maximum Gasteiger partial charge on any atom is 0.124 e. The van der Waals surface area contributed by atoms with Gasteiger partial charge in [-0.05, 0) is 18.6 Å². The summed E-state index contributed by atoms with van der Waals surface area (Å²) in [6.45, 7) is 5.67. The van der Waals surface area contributed by atoms with Crippen LogP contribution in [0.4, 0.5) is 0 Å². The number of aromatic amines is 1. The second-order valence-electron chi connectivity index (χ2n) is 7.32. The summed E-state index contributed by atoms with van der Waals surface area (Å²) in [5.74, 6) is 0. The van der Waals surface area contributed by atoms with Gasteiger partial charge in [-0.3, -0.25) is 4.90 Å². The molecule has 0 spiro atoms. The van der Waals surface area contributed by atoms with E-state index in [1.165, 1.54) is 16.5 Å². The molecule has 3 heterocycles. The second-order valence-corrected chi connectivity index (χ2v) is 8.21. The first-order valence-electron chi connectivity index (χ1n) is 9.69. The predicted molar refractivity (Wildman–Crippen MR) is 115 cm³/mol. The molecule has 0 saturated carbocycles. The number of aromatic nitrogens is 2. The lowest BCUT2D eigenvalue weighted by Gasteiger charge is -2.32. The predicted octanol–water partition coefficient (Wildman–Crippen LogP) is 5.17. The first kappa shape index (κ1) is 17.6. The zero-order valence-corrected chi connectivity index (χ0v) is 16.7. The molecule has 0 aliphatic carbocycles. The summed E-state index contributed by atoms with van der Waals surface area (Å²) in [6.07, 6.45) is 0.0433. The number of para-hydroxylation sites is 1. The SMILES string of the molecule is Cc1[nH]c2ccccc2c1-c1csc(C2CN(Cc3ccccc3)CCO2)n1. The highest BCUT2D eigenvalue weighted by molar-refractivity contribution is 7.10. The summed E-state index contributed by atoms with van der Waals surface area (Å²) >= 11 is 1.70. The Hall–Kier alpha value is -2.47. The average Bonchev–Trinajstić information content (AvgIpc) is 3.32. The van der Waals surface area contributed by atoms with Gasteiger partial charge in [0.25, 0.3) is 0 Å². The Morgan fingerprint density at radius 2 is 1.96 bits per heavy atom. The number of rotatable bonds is 4. The average molecular weight is 390 g/mol. The van der Waals surface area contributed by atoms with Gasteiger partial charge in [0.1, 0.15) is 11.1 Å². The molecule has 28 heavy (non-hydrogen) atoms.